The highest BCUT2D eigenvalue weighted by molar-refractivity contribution is 9.10. The number of nitrogens with one attached hydrogen (secondary N) is 1. The predicted octanol–water partition coefficient (Wildman–Crippen LogP) is 5.24. The number of pyridine rings is 1. The average Bonchev–Trinajstić information content (AvgIpc) is 3.49. The van der Waals surface area contributed by atoms with Crippen molar-refractivity contribution in [3.05, 3.63) is 99.7 Å². The lowest BCUT2D eigenvalue weighted by molar-refractivity contribution is 0.625. The monoisotopic (exact) mass is 510 g/mol. The molecule has 0 saturated heterocycles. The SMILES string of the molecule is Fc1cc(C#Cc2ccc3[nH]ncc3c2)nc(-c2ccnc(N3Cc4ccc(Br)cc4C3)n2)c1. The first kappa shape index (κ1) is 20.5. The van der Waals surface area contributed by atoms with Crippen molar-refractivity contribution in [3.63, 3.8) is 0 Å². The summed E-state index contributed by atoms with van der Waals surface area (Å²) in [6.07, 6.45) is 3.41. The van der Waals surface area contributed by atoms with E-state index in [-0.39, 0.29) is 0 Å². The van der Waals surface area contributed by atoms with Gasteiger partial charge in [-0.3, -0.25) is 5.10 Å². The molecule has 3 aromatic heterocycles. The van der Waals surface area contributed by atoms with E-state index in [0.717, 1.165) is 27.5 Å². The summed E-state index contributed by atoms with van der Waals surface area (Å²) in [4.78, 5) is 15.7. The molecule has 0 atom stereocenters. The Bertz CT molecular complexity index is 1620. The van der Waals surface area contributed by atoms with Crippen LogP contribution in [0.2, 0.25) is 0 Å². The smallest absolute Gasteiger partial charge is 0.226 e. The van der Waals surface area contributed by atoms with E-state index in [0.29, 0.717) is 29.6 Å². The number of halogens is 2. The quantitative estimate of drug-likeness (QED) is 0.329. The molecule has 1 aliphatic rings. The number of anilines is 1. The third-order valence-electron chi connectivity index (χ3n) is 5.64. The molecule has 1 N–H and O–H groups in total. The van der Waals surface area contributed by atoms with Gasteiger partial charge in [0.25, 0.3) is 0 Å². The van der Waals surface area contributed by atoms with Gasteiger partial charge < -0.3 is 4.90 Å². The van der Waals surface area contributed by atoms with Crippen LogP contribution in [0.5, 0.6) is 0 Å². The molecule has 0 fully saturated rings. The van der Waals surface area contributed by atoms with Crippen LogP contribution in [0.3, 0.4) is 0 Å². The third-order valence-corrected chi connectivity index (χ3v) is 6.14. The van der Waals surface area contributed by atoms with Crippen molar-refractivity contribution in [2.75, 3.05) is 4.90 Å². The van der Waals surface area contributed by atoms with Crippen LogP contribution in [0, 0.1) is 17.7 Å². The maximum absolute atomic E-state index is 14.4. The van der Waals surface area contributed by atoms with Crippen LogP contribution in [0.15, 0.2) is 71.5 Å². The normalized spacial score (nSPS) is 12.5. The zero-order chi connectivity index (χ0) is 23.1. The molecule has 0 saturated carbocycles. The summed E-state index contributed by atoms with van der Waals surface area (Å²) < 4.78 is 15.5. The lowest BCUT2D eigenvalue weighted by atomic mass is 10.1. The first-order valence-electron chi connectivity index (χ1n) is 10.6. The Labute approximate surface area is 203 Å². The number of hydrogen-bond acceptors (Lipinski definition) is 5. The van der Waals surface area contributed by atoms with Gasteiger partial charge >= 0.3 is 0 Å². The van der Waals surface area contributed by atoms with Crippen LogP contribution < -0.4 is 4.90 Å². The minimum absolute atomic E-state index is 0.334. The molecule has 0 unspecified atom stereocenters. The topological polar surface area (TPSA) is 70.6 Å². The van der Waals surface area contributed by atoms with E-state index in [9.17, 15) is 4.39 Å². The molecule has 0 spiro atoms. The Morgan fingerprint density at radius 2 is 1.82 bits per heavy atom. The molecule has 6 rings (SSSR count). The lowest BCUT2D eigenvalue weighted by Gasteiger charge is -2.15. The molecule has 1 aliphatic heterocycles. The van der Waals surface area contributed by atoms with Gasteiger partial charge in [-0.2, -0.15) is 5.10 Å². The second-order valence-corrected chi connectivity index (χ2v) is 8.90. The van der Waals surface area contributed by atoms with Crippen LogP contribution >= 0.6 is 15.9 Å². The van der Waals surface area contributed by atoms with Crippen LogP contribution in [-0.2, 0) is 13.1 Å². The van der Waals surface area contributed by atoms with E-state index in [4.69, 9.17) is 0 Å². The zero-order valence-electron chi connectivity index (χ0n) is 17.8. The molecular weight excluding hydrogens is 495 g/mol. The zero-order valence-corrected chi connectivity index (χ0v) is 19.3. The second-order valence-electron chi connectivity index (χ2n) is 7.99. The molecule has 0 aliphatic carbocycles. The van der Waals surface area contributed by atoms with Crippen molar-refractivity contribution in [2.24, 2.45) is 0 Å². The van der Waals surface area contributed by atoms with E-state index >= 15 is 0 Å². The molecule has 0 bridgehead atoms. The molecule has 8 heteroatoms. The van der Waals surface area contributed by atoms with Gasteiger partial charge in [0.05, 0.1) is 23.1 Å². The molecule has 0 amide bonds. The summed E-state index contributed by atoms with van der Waals surface area (Å²) in [5.74, 6) is 6.18. The van der Waals surface area contributed by atoms with Crippen LogP contribution in [0.4, 0.5) is 10.3 Å². The minimum Gasteiger partial charge on any atom is -0.332 e. The Kier molecular flexibility index (Phi) is 5.04. The number of fused-ring (bicyclic) bond motifs is 2. The number of nitrogens with zero attached hydrogens (tertiary/aromatic N) is 5. The summed E-state index contributed by atoms with van der Waals surface area (Å²) in [5.41, 5.74) is 5.50. The molecule has 4 heterocycles. The van der Waals surface area contributed by atoms with Gasteiger partial charge in [-0.15, -0.1) is 0 Å². The highest BCUT2D eigenvalue weighted by Gasteiger charge is 2.21. The van der Waals surface area contributed by atoms with Crippen LogP contribution in [0.25, 0.3) is 22.3 Å². The van der Waals surface area contributed by atoms with Crippen molar-refractivity contribution in [2.45, 2.75) is 13.1 Å². The maximum atomic E-state index is 14.4. The first-order valence-corrected chi connectivity index (χ1v) is 11.4. The largest absolute Gasteiger partial charge is 0.332 e. The van der Waals surface area contributed by atoms with Crippen molar-refractivity contribution >= 4 is 32.8 Å². The Hall–Kier alpha value is -4.09. The number of rotatable bonds is 2. The number of aromatic nitrogens is 5. The van der Waals surface area contributed by atoms with Crippen molar-refractivity contribution in [1.29, 1.82) is 0 Å². The number of hydrogen-bond donors (Lipinski definition) is 1. The summed E-state index contributed by atoms with van der Waals surface area (Å²) in [7, 11) is 0. The Balaban J connectivity index is 1.29. The van der Waals surface area contributed by atoms with E-state index in [1.807, 2.05) is 24.3 Å². The highest BCUT2D eigenvalue weighted by Crippen LogP contribution is 2.29. The van der Waals surface area contributed by atoms with E-state index in [1.165, 1.54) is 23.3 Å². The number of H-pyrrole nitrogens is 1. The Morgan fingerprint density at radius 3 is 2.76 bits per heavy atom. The van der Waals surface area contributed by atoms with E-state index in [2.05, 4.69) is 70.0 Å². The van der Waals surface area contributed by atoms with Gasteiger partial charge in [0, 0.05) is 46.8 Å². The second kappa shape index (κ2) is 8.36. The van der Waals surface area contributed by atoms with E-state index < -0.39 is 5.82 Å². The van der Waals surface area contributed by atoms with Crippen LogP contribution in [0.1, 0.15) is 22.4 Å². The molecule has 34 heavy (non-hydrogen) atoms. The van der Waals surface area contributed by atoms with Gasteiger partial charge in [-0.25, -0.2) is 19.3 Å². The molecule has 6 nitrogen and oxygen atoms in total. The molecule has 164 valence electrons. The summed E-state index contributed by atoms with van der Waals surface area (Å²) in [6, 6.07) is 16.4. The number of benzene rings is 2. The minimum atomic E-state index is -0.418. The van der Waals surface area contributed by atoms with Crippen molar-refractivity contribution in [3.8, 4) is 23.2 Å². The lowest BCUT2D eigenvalue weighted by Crippen LogP contribution is -2.17. The van der Waals surface area contributed by atoms with Crippen molar-refractivity contribution < 1.29 is 4.39 Å². The molecule has 5 aromatic rings. The standard InChI is InChI=1S/C26H16BrFN6/c27-20-4-3-17-14-34(15-19(17)10-20)26-29-8-7-24(32-26)25-12-21(28)11-22(31-25)5-1-16-2-6-23-18(9-16)13-30-33-23/h2-4,6-13H,14-15H2,(H,30,33). The van der Waals surface area contributed by atoms with Crippen LogP contribution in [-0.4, -0.2) is 25.1 Å². The Morgan fingerprint density at radius 1 is 0.912 bits per heavy atom. The van der Waals surface area contributed by atoms with Gasteiger partial charge in [0.2, 0.25) is 5.95 Å². The first-order chi connectivity index (χ1) is 16.6. The highest BCUT2D eigenvalue weighted by atomic mass is 79.9. The predicted molar refractivity (Wildman–Crippen MR) is 131 cm³/mol. The van der Waals surface area contributed by atoms with Gasteiger partial charge in [-0.1, -0.05) is 27.9 Å². The van der Waals surface area contributed by atoms with Gasteiger partial charge in [-0.05, 0) is 53.4 Å². The fourth-order valence-corrected chi connectivity index (χ4v) is 4.41. The van der Waals surface area contributed by atoms with Gasteiger partial charge in [0.15, 0.2) is 0 Å². The van der Waals surface area contributed by atoms with E-state index in [1.54, 1.807) is 18.5 Å². The number of aromatic amines is 1. The molecule has 0 radical (unpaired) electrons. The average molecular weight is 511 g/mol. The fraction of sp³-hybridized carbons (Fsp3) is 0.0769. The molecular formula is C26H16BrFN6. The summed E-state index contributed by atoms with van der Waals surface area (Å²) >= 11 is 3.52. The fourth-order valence-electron chi connectivity index (χ4n) is 4.00. The van der Waals surface area contributed by atoms with Crippen molar-refractivity contribution in [1.82, 2.24) is 25.1 Å². The molecule has 2 aromatic carbocycles. The third kappa shape index (κ3) is 4.02. The van der Waals surface area contributed by atoms with Gasteiger partial charge in [0.1, 0.15) is 11.5 Å². The summed E-state index contributed by atoms with van der Waals surface area (Å²) in [6.45, 7) is 1.44. The maximum Gasteiger partial charge on any atom is 0.226 e. The summed E-state index contributed by atoms with van der Waals surface area (Å²) in [5, 5.41) is 7.89.